The second kappa shape index (κ2) is 14.3. The lowest BCUT2D eigenvalue weighted by Gasteiger charge is -2.52. The maximum Gasteiger partial charge on any atom is 0.186 e. The molecule has 1 aliphatic rings. The van der Waals surface area contributed by atoms with Crippen LogP contribution in [0.2, 0.25) is 5.04 Å². The molecule has 1 saturated heterocycles. The Bertz CT molecular complexity index is 1370. The monoisotopic (exact) mass is 612 g/mol. The Morgan fingerprint density at radius 1 is 0.682 bits per heavy atom. The van der Waals surface area contributed by atoms with Crippen molar-refractivity contribution < 1.29 is 29.2 Å². The van der Waals surface area contributed by atoms with Gasteiger partial charge in [0.1, 0.15) is 24.4 Å². The average molecular weight is 613 g/mol. The highest BCUT2D eigenvalue weighted by atomic mass is 28.3. The minimum atomic E-state index is -3.12. The summed E-state index contributed by atoms with van der Waals surface area (Å²) in [4.78, 5) is 0. The summed E-state index contributed by atoms with van der Waals surface area (Å²) in [5.74, 6) is 0. The topological polar surface area (TPSA) is 77.4 Å². The summed E-state index contributed by atoms with van der Waals surface area (Å²) in [5.41, 5.74) is 0.886. The highest BCUT2D eigenvalue weighted by Gasteiger charge is 2.60. The normalized spacial score (nSPS) is 23.3. The van der Waals surface area contributed by atoms with E-state index < -0.39 is 44.5 Å². The lowest BCUT2D eigenvalue weighted by molar-refractivity contribution is -0.317. The van der Waals surface area contributed by atoms with Gasteiger partial charge in [-0.25, -0.2) is 0 Å². The molecule has 2 N–H and O–H groups in total. The zero-order valence-electron chi connectivity index (χ0n) is 26.0. The molecule has 7 heteroatoms. The van der Waals surface area contributed by atoms with Gasteiger partial charge in [-0.2, -0.15) is 0 Å². The van der Waals surface area contributed by atoms with Crippen LogP contribution in [0, 0.1) is 0 Å². The molecule has 1 fully saturated rings. The van der Waals surface area contributed by atoms with Gasteiger partial charge in [-0.05, 0) is 16.2 Å². The summed E-state index contributed by atoms with van der Waals surface area (Å²) >= 11 is 0. The number of ether oxygens (including phenoxy) is 4. The summed E-state index contributed by atoms with van der Waals surface area (Å²) in [7, 11) is -1.56. The molecule has 0 saturated carbocycles. The zero-order valence-corrected chi connectivity index (χ0v) is 27.0. The van der Waals surface area contributed by atoms with Gasteiger partial charge in [-0.3, -0.25) is 0 Å². The van der Waals surface area contributed by atoms with E-state index in [1.54, 1.807) is 7.11 Å². The molecule has 6 atom stereocenters. The van der Waals surface area contributed by atoms with Crippen LogP contribution in [0.1, 0.15) is 31.9 Å². The Labute approximate surface area is 262 Å². The number of aliphatic hydroxyl groups is 2. The van der Waals surface area contributed by atoms with Gasteiger partial charge in [0.05, 0.1) is 18.9 Å². The van der Waals surface area contributed by atoms with Crippen molar-refractivity contribution in [2.75, 3.05) is 7.11 Å². The zero-order chi connectivity index (χ0) is 31.2. The predicted octanol–water partition coefficient (Wildman–Crippen LogP) is 4.85. The van der Waals surface area contributed by atoms with E-state index in [4.69, 9.17) is 18.9 Å². The van der Waals surface area contributed by atoms with Crippen LogP contribution >= 0.6 is 0 Å². The summed E-state index contributed by atoms with van der Waals surface area (Å²) in [5, 5.41) is 26.6. The van der Waals surface area contributed by atoms with E-state index in [1.807, 2.05) is 97.1 Å². The van der Waals surface area contributed by atoms with Gasteiger partial charge in [-0.15, -0.1) is 0 Å². The second-order valence-corrected chi connectivity index (χ2v) is 17.3. The molecule has 4 aromatic rings. The first kappa shape index (κ1) is 32.3. The Morgan fingerprint density at radius 3 is 1.50 bits per heavy atom. The van der Waals surface area contributed by atoms with E-state index in [0.717, 1.165) is 21.5 Å². The lowest BCUT2D eigenvalue weighted by Crippen LogP contribution is -2.77. The van der Waals surface area contributed by atoms with E-state index in [9.17, 15) is 10.2 Å². The molecule has 0 radical (unpaired) electrons. The first-order valence-electron chi connectivity index (χ1n) is 15.2. The summed E-state index contributed by atoms with van der Waals surface area (Å²) in [6.45, 7) is 7.04. The van der Waals surface area contributed by atoms with Gasteiger partial charge in [0.2, 0.25) is 0 Å². The van der Waals surface area contributed by atoms with E-state index in [0.29, 0.717) is 0 Å². The molecule has 1 unspecified atom stereocenters. The van der Waals surface area contributed by atoms with Crippen molar-refractivity contribution in [3.05, 3.63) is 132 Å². The third kappa shape index (κ3) is 6.60. The third-order valence-corrected chi connectivity index (χ3v) is 14.8. The molecule has 232 valence electrons. The predicted molar refractivity (Wildman–Crippen MR) is 175 cm³/mol. The number of aliphatic hydroxyl groups excluding tert-OH is 2. The van der Waals surface area contributed by atoms with Gasteiger partial charge >= 0.3 is 0 Å². The highest BCUT2D eigenvalue weighted by Crippen LogP contribution is 2.42. The molecule has 4 aromatic carbocycles. The largest absolute Gasteiger partial charge is 0.393 e. The van der Waals surface area contributed by atoms with Crippen LogP contribution in [-0.2, 0) is 32.2 Å². The lowest BCUT2D eigenvalue weighted by atomic mass is 9.98. The van der Waals surface area contributed by atoms with Crippen molar-refractivity contribution in [1.82, 2.24) is 0 Å². The van der Waals surface area contributed by atoms with Gasteiger partial charge in [0, 0.05) is 7.11 Å². The molecule has 0 spiro atoms. The number of benzene rings is 4. The maximum atomic E-state index is 12.7. The van der Waals surface area contributed by atoms with Crippen molar-refractivity contribution in [2.45, 2.75) is 75.5 Å². The van der Waals surface area contributed by atoms with Crippen molar-refractivity contribution in [3.8, 4) is 0 Å². The SMILES string of the molecule is CO[C@H]1O[C@H](C(O)[Si](c2ccccc2)(c2ccccc2)C(C)(C)C)[C@@H](O)[C@H](OCc2ccccc2)[C@H]1OCc1ccccc1. The van der Waals surface area contributed by atoms with Crippen LogP contribution in [0.5, 0.6) is 0 Å². The Morgan fingerprint density at radius 2 is 1.09 bits per heavy atom. The van der Waals surface area contributed by atoms with E-state index in [1.165, 1.54) is 0 Å². The molecule has 5 rings (SSSR count). The van der Waals surface area contributed by atoms with Crippen molar-refractivity contribution in [1.29, 1.82) is 0 Å². The van der Waals surface area contributed by atoms with Crippen LogP contribution in [0.4, 0.5) is 0 Å². The fraction of sp³-hybridized carbons (Fsp3) is 0.351. The minimum absolute atomic E-state index is 0.256. The van der Waals surface area contributed by atoms with Gasteiger partial charge in [0.25, 0.3) is 0 Å². The quantitative estimate of drug-likeness (QED) is 0.236. The minimum Gasteiger partial charge on any atom is -0.393 e. The molecular weight excluding hydrogens is 568 g/mol. The van der Waals surface area contributed by atoms with Crippen LogP contribution < -0.4 is 10.4 Å². The van der Waals surface area contributed by atoms with E-state index >= 15 is 0 Å². The van der Waals surface area contributed by atoms with Crippen LogP contribution in [-0.4, -0.2) is 61.8 Å². The van der Waals surface area contributed by atoms with E-state index in [-0.39, 0.29) is 18.3 Å². The van der Waals surface area contributed by atoms with Crippen LogP contribution in [0.15, 0.2) is 121 Å². The molecule has 0 aliphatic carbocycles. The first-order chi connectivity index (χ1) is 21.3. The molecule has 44 heavy (non-hydrogen) atoms. The van der Waals surface area contributed by atoms with Crippen molar-refractivity contribution in [2.24, 2.45) is 0 Å². The van der Waals surface area contributed by atoms with Gasteiger partial charge in [-0.1, -0.05) is 152 Å². The molecule has 1 aliphatic heterocycles. The average Bonchev–Trinajstić information content (AvgIpc) is 3.05. The Kier molecular flexibility index (Phi) is 10.5. The molecular formula is C37H44O6Si. The number of rotatable bonds is 11. The third-order valence-electron chi connectivity index (χ3n) is 8.76. The number of methoxy groups -OCH3 is 1. The van der Waals surface area contributed by atoms with Gasteiger partial charge in [0.15, 0.2) is 14.4 Å². The molecule has 6 nitrogen and oxygen atoms in total. The molecule has 0 amide bonds. The summed E-state index contributed by atoms with van der Waals surface area (Å²) < 4.78 is 25.3. The smallest absolute Gasteiger partial charge is 0.186 e. The molecule has 0 bridgehead atoms. The molecule has 1 heterocycles. The first-order valence-corrected chi connectivity index (χ1v) is 17.3. The Hall–Kier alpha value is -3.14. The van der Waals surface area contributed by atoms with Crippen molar-refractivity contribution in [3.63, 3.8) is 0 Å². The highest BCUT2D eigenvalue weighted by molar-refractivity contribution is 7.05. The number of hydrogen-bond donors (Lipinski definition) is 2. The standard InChI is InChI=1S/C37H44O6Si/c1-37(2,3)44(29-21-13-7-14-22-29,30-23-15-8-16-24-30)35(39)33-31(38)32(41-25-27-17-9-5-10-18-27)34(36(40-4)43-33)42-26-28-19-11-6-12-20-28/h5-24,31-36,38-39H,25-26H2,1-4H3/t31-,32-,33-,34+,35?,36-/m0/s1. The fourth-order valence-electron chi connectivity index (χ4n) is 6.67. The summed E-state index contributed by atoms with van der Waals surface area (Å²) in [6, 6.07) is 40.0. The fourth-order valence-corrected chi connectivity index (χ4v) is 12.5. The molecule has 0 aromatic heterocycles. The van der Waals surface area contributed by atoms with Crippen LogP contribution in [0.25, 0.3) is 0 Å². The maximum absolute atomic E-state index is 12.7. The summed E-state index contributed by atoms with van der Waals surface area (Å²) in [6.07, 6.45) is -4.69. The number of hydrogen-bond acceptors (Lipinski definition) is 6. The van der Waals surface area contributed by atoms with E-state index in [2.05, 4.69) is 45.0 Å². The van der Waals surface area contributed by atoms with Crippen molar-refractivity contribution >= 4 is 18.4 Å². The van der Waals surface area contributed by atoms with Gasteiger partial charge < -0.3 is 29.2 Å². The van der Waals surface area contributed by atoms with Crippen LogP contribution in [0.3, 0.4) is 0 Å². The second-order valence-electron chi connectivity index (χ2n) is 12.5. The Balaban J connectivity index is 1.56.